The predicted octanol–water partition coefficient (Wildman–Crippen LogP) is -0.482. The lowest BCUT2D eigenvalue weighted by Crippen LogP contribution is -2.49. The number of pyridine rings is 1. The van der Waals surface area contributed by atoms with Gasteiger partial charge < -0.3 is 4.74 Å². The molecule has 0 saturated heterocycles. The number of ether oxygens (including phenoxy) is 1. The highest BCUT2D eigenvalue weighted by molar-refractivity contribution is 5.81. The molecular weight excluding hydrogens is 220 g/mol. The Morgan fingerprint density at radius 2 is 2.24 bits per heavy atom. The Kier molecular flexibility index (Phi) is 5.55. The van der Waals surface area contributed by atoms with Gasteiger partial charge in [0.1, 0.15) is 6.04 Å². The molecule has 1 heterocycles. The Morgan fingerprint density at radius 1 is 1.59 bits per heavy atom. The van der Waals surface area contributed by atoms with Gasteiger partial charge in [0, 0.05) is 26.0 Å². The van der Waals surface area contributed by atoms with Gasteiger partial charge >= 0.3 is 0 Å². The Hall–Kier alpha value is -1.50. The van der Waals surface area contributed by atoms with Gasteiger partial charge in [-0.05, 0) is 24.7 Å². The van der Waals surface area contributed by atoms with Crippen molar-refractivity contribution in [3.8, 4) is 0 Å². The molecule has 0 radical (unpaired) electrons. The molecule has 1 amide bonds. The van der Waals surface area contributed by atoms with Gasteiger partial charge in [-0.3, -0.25) is 20.1 Å². The van der Waals surface area contributed by atoms with Gasteiger partial charge in [-0.2, -0.15) is 0 Å². The highest BCUT2D eigenvalue weighted by Gasteiger charge is 2.22. The molecule has 0 spiro atoms. The van der Waals surface area contributed by atoms with Crippen LogP contribution in [0.25, 0.3) is 0 Å². The molecule has 1 aromatic heterocycles. The maximum atomic E-state index is 11.6. The number of nitrogens with zero attached hydrogens (tertiary/aromatic N) is 2. The molecule has 0 aliphatic carbocycles. The second kappa shape index (κ2) is 6.95. The van der Waals surface area contributed by atoms with Crippen LogP contribution >= 0.6 is 0 Å². The van der Waals surface area contributed by atoms with Gasteiger partial charge in [-0.1, -0.05) is 0 Å². The minimum atomic E-state index is -0.404. The second-order valence-corrected chi connectivity index (χ2v) is 3.75. The van der Waals surface area contributed by atoms with E-state index in [4.69, 9.17) is 10.6 Å². The van der Waals surface area contributed by atoms with E-state index in [1.54, 1.807) is 19.5 Å². The smallest absolute Gasteiger partial charge is 0.253 e. The van der Waals surface area contributed by atoms with Crippen molar-refractivity contribution in [1.82, 2.24) is 15.3 Å². The minimum Gasteiger partial charge on any atom is -0.383 e. The van der Waals surface area contributed by atoms with Crippen LogP contribution in [0.2, 0.25) is 0 Å². The first-order chi connectivity index (χ1) is 8.19. The fourth-order valence-corrected chi connectivity index (χ4v) is 1.54. The lowest BCUT2D eigenvalue weighted by Gasteiger charge is -2.25. The van der Waals surface area contributed by atoms with Gasteiger partial charge in [0.05, 0.1) is 6.61 Å². The quantitative estimate of drug-likeness (QED) is 0.397. The summed E-state index contributed by atoms with van der Waals surface area (Å²) in [6, 6.07) is 3.40. The van der Waals surface area contributed by atoms with Crippen molar-refractivity contribution in [2.45, 2.75) is 12.6 Å². The number of hydrogen-bond donors (Lipinski definition) is 2. The van der Waals surface area contributed by atoms with Crippen LogP contribution in [0.1, 0.15) is 5.56 Å². The zero-order chi connectivity index (χ0) is 12.7. The SMILES string of the molecule is COCC(C(=O)NN)N(C)Cc1ccncc1. The molecule has 0 saturated carbocycles. The molecule has 0 aliphatic heterocycles. The van der Waals surface area contributed by atoms with E-state index in [9.17, 15) is 4.79 Å². The van der Waals surface area contributed by atoms with Crippen molar-refractivity contribution < 1.29 is 9.53 Å². The molecule has 6 heteroatoms. The average molecular weight is 238 g/mol. The van der Waals surface area contributed by atoms with E-state index in [2.05, 4.69) is 10.4 Å². The van der Waals surface area contributed by atoms with E-state index in [0.29, 0.717) is 13.2 Å². The number of carbonyl (C=O) groups excluding carboxylic acids is 1. The molecule has 94 valence electrons. The fourth-order valence-electron chi connectivity index (χ4n) is 1.54. The molecule has 0 fully saturated rings. The van der Waals surface area contributed by atoms with Gasteiger partial charge in [0.25, 0.3) is 5.91 Å². The summed E-state index contributed by atoms with van der Waals surface area (Å²) in [5.41, 5.74) is 3.22. The van der Waals surface area contributed by atoms with Crippen LogP contribution in [0.15, 0.2) is 24.5 Å². The maximum Gasteiger partial charge on any atom is 0.253 e. The highest BCUT2D eigenvalue weighted by atomic mass is 16.5. The molecule has 6 nitrogen and oxygen atoms in total. The first kappa shape index (κ1) is 13.6. The van der Waals surface area contributed by atoms with Crippen molar-refractivity contribution in [1.29, 1.82) is 0 Å². The zero-order valence-electron chi connectivity index (χ0n) is 10.1. The van der Waals surface area contributed by atoms with Crippen LogP contribution in [0.5, 0.6) is 0 Å². The van der Waals surface area contributed by atoms with E-state index >= 15 is 0 Å². The number of rotatable bonds is 6. The number of hydrazine groups is 1. The van der Waals surface area contributed by atoms with Crippen LogP contribution in [-0.4, -0.2) is 42.6 Å². The summed E-state index contributed by atoms with van der Waals surface area (Å²) in [5.74, 6) is 4.88. The molecule has 0 aromatic carbocycles. The monoisotopic (exact) mass is 238 g/mol. The third-order valence-corrected chi connectivity index (χ3v) is 2.48. The summed E-state index contributed by atoms with van der Waals surface area (Å²) in [6.45, 7) is 0.925. The van der Waals surface area contributed by atoms with E-state index in [1.807, 2.05) is 24.1 Å². The molecule has 0 aliphatic rings. The third kappa shape index (κ3) is 4.10. The number of carbonyl (C=O) groups is 1. The number of amides is 1. The summed E-state index contributed by atoms with van der Waals surface area (Å²) in [5, 5.41) is 0. The van der Waals surface area contributed by atoms with Gasteiger partial charge in [0.15, 0.2) is 0 Å². The third-order valence-electron chi connectivity index (χ3n) is 2.48. The molecule has 1 aromatic rings. The standard InChI is InChI=1S/C11H18N4O2/c1-15(7-9-3-5-13-6-4-9)10(8-17-2)11(16)14-12/h3-6,10H,7-8,12H2,1-2H3,(H,14,16). The minimum absolute atomic E-state index is 0.261. The Labute approximate surface area is 101 Å². The van der Waals surface area contributed by atoms with E-state index in [0.717, 1.165) is 5.56 Å². The number of nitrogens with two attached hydrogens (primary N) is 1. The molecule has 17 heavy (non-hydrogen) atoms. The van der Waals surface area contributed by atoms with E-state index in [1.165, 1.54) is 0 Å². The summed E-state index contributed by atoms with van der Waals surface area (Å²) in [6.07, 6.45) is 3.44. The first-order valence-electron chi connectivity index (χ1n) is 5.27. The summed E-state index contributed by atoms with van der Waals surface area (Å²) >= 11 is 0. The number of nitrogens with one attached hydrogen (secondary N) is 1. The van der Waals surface area contributed by atoms with Gasteiger partial charge in [-0.25, -0.2) is 5.84 Å². The molecule has 1 atom stereocenters. The van der Waals surface area contributed by atoms with Crippen molar-refractivity contribution in [2.75, 3.05) is 20.8 Å². The van der Waals surface area contributed by atoms with Gasteiger partial charge in [0.2, 0.25) is 0 Å². The highest BCUT2D eigenvalue weighted by Crippen LogP contribution is 2.05. The number of aromatic nitrogens is 1. The van der Waals surface area contributed by atoms with Crippen molar-refractivity contribution in [3.63, 3.8) is 0 Å². The fraction of sp³-hybridized carbons (Fsp3) is 0.455. The molecular formula is C11H18N4O2. The van der Waals surface area contributed by atoms with Gasteiger partial charge in [-0.15, -0.1) is 0 Å². The normalized spacial score (nSPS) is 12.5. The largest absolute Gasteiger partial charge is 0.383 e. The zero-order valence-corrected chi connectivity index (χ0v) is 10.1. The van der Waals surface area contributed by atoms with E-state index in [-0.39, 0.29) is 5.91 Å². The van der Waals surface area contributed by atoms with Crippen LogP contribution in [0.4, 0.5) is 0 Å². The van der Waals surface area contributed by atoms with Crippen molar-refractivity contribution in [2.24, 2.45) is 5.84 Å². The van der Waals surface area contributed by atoms with E-state index < -0.39 is 6.04 Å². The molecule has 1 unspecified atom stereocenters. The second-order valence-electron chi connectivity index (χ2n) is 3.75. The topological polar surface area (TPSA) is 80.5 Å². The molecule has 1 rings (SSSR count). The summed E-state index contributed by atoms with van der Waals surface area (Å²) in [7, 11) is 3.40. The van der Waals surface area contributed by atoms with Crippen LogP contribution in [0.3, 0.4) is 0 Å². The lowest BCUT2D eigenvalue weighted by atomic mass is 10.2. The lowest BCUT2D eigenvalue weighted by molar-refractivity contribution is -0.128. The number of methoxy groups -OCH3 is 1. The number of likely N-dealkylation sites (N-methyl/N-ethyl adjacent to an activating group) is 1. The Morgan fingerprint density at radius 3 is 2.76 bits per heavy atom. The van der Waals surface area contributed by atoms with Crippen LogP contribution in [-0.2, 0) is 16.1 Å². The van der Waals surface area contributed by atoms with Crippen LogP contribution < -0.4 is 11.3 Å². The summed E-state index contributed by atoms with van der Waals surface area (Å²) < 4.78 is 5.02. The molecule has 3 N–H and O–H groups in total. The molecule has 0 bridgehead atoms. The number of hydrogen-bond acceptors (Lipinski definition) is 5. The summed E-state index contributed by atoms with van der Waals surface area (Å²) in [4.78, 5) is 17.4. The maximum absolute atomic E-state index is 11.6. The predicted molar refractivity (Wildman–Crippen MR) is 63.7 cm³/mol. The average Bonchev–Trinajstić information content (AvgIpc) is 2.36. The van der Waals surface area contributed by atoms with Crippen molar-refractivity contribution in [3.05, 3.63) is 30.1 Å². The van der Waals surface area contributed by atoms with Crippen LogP contribution in [0, 0.1) is 0 Å². The first-order valence-corrected chi connectivity index (χ1v) is 5.27. The Balaban J connectivity index is 2.65. The Bertz CT molecular complexity index is 345. The van der Waals surface area contributed by atoms with Crippen molar-refractivity contribution >= 4 is 5.91 Å².